The smallest absolute Gasteiger partial charge is 0.316 e. The van der Waals surface area contributed by atoms with Crippen molar-refractivity contribution in [2.45, 2.75) is 20.3 Å². The summed E-state index contributed by atoms with van der Waals surface area (Å²) in [6, 6.07) is 8.85. The molecule has 3 aromatic heterocycles. The molecular formula is C22H24N6O. The second-order valence-electron chi connectivity index (χ2n) is 6.96. The number of benzene rings is 1. The Morgan fingerprint density at radius 1 is 1.03 bits per heavy atom. The van der Waals surface area contributed by atoms with Gasteiger partial charge in [0.05, 0.1) is 18.8 Å². The average Bonchev–Trinajstić information content (AvgIpc) is 3.06. The topological polar surface area (TPSA) is 69.0 Å². The van der Waals surface area contributed by atoms with E-state index in [1.807, 2.05) is 27.2 Å². The Balaban J connectivity index is 1.71. The van der Waals surface area contributed by atoms with Gasteiger partial charge in [-0.2, -0.15) is 0 Å². The lowest BCUT2D eigenvalue weighted by molar-refractivity contribution is 0.380. The lowest BCUT2D eigenvalue weighted by Gasteiger charge is -2.22. The van der Waals surface area contributed by atoms with Crippen LogP contribution in [-0.2, 0) is 13.5 Å². The van der Waals surface area contributed by atoms with Gasteiger partial charge in [-0.1, -0.05) is 13.0 Å². The van der Waals surface area contributed by atoms with Crippen molar-refractivity contribution in [3.63, 3.8) is 0 Å². The highest BCUT2D eigenvalue weighted by atomic mass is 16.5. The van der Waals surface area contributed by atoms with Crippen LogP contribution < -0.4 is 9.64 Å². The molecule has 0 bridgehead atoms. The van der Waals surface area contributed by atoms with E-state index in [1.54, 1.807) is 19.5 Å². The maximum atomic E-state index is 5.05. The number of pyridine rings is 1. The van der Waals surface area contributed by atoms with Gasteiger partial charge in [-0.05, 0) is 36.6 Å². The number of hydrogen-bond acceptors (Lipinski definition) is 6. The summed E-state index contributed by atoms with van der Waals surface area (Å²) in [5, 5.41) is 0. The number of imidazole rings is 1. The minimum Gasteiger partial charge on any atom is -0.467 e. The Morgan fingerprint density at radius 3 is 2.48 bits per heavy atom. The Hall–Kier alpha value is -3.48. The van der Waals surface area contributed by atoms with Crippen LogP contribution in [0.4, 0.5) is 11.5 Å². The van der Waals surface area contributed by atoms with Crippen molar-refractivity contribution in [3.05, 3.63) is 54.2 Å². The first-order valence-electron chi connectivity index (χ1n) is 9.54. The average molecular weight is 388 g/mol. The number of methoxy groups -OCH3 is 1. The lowest BCUT2D eigenvalue weighted by atomic mass is 10.0. The number of fused-ring (bicyclic) bond motifs is 1. The summed E-state index contributed by atoms with van der Waals surface area (Å²) in [6.45, 7) is 4.16. The highest BCUT2D eigenvalue weighted by Gasteiger charge is 2.14. The van der Waals surface area contributed by atoms with Crippen LogP contribution >= 0.6 is 0 Å². The molecule has 0 saturated heterocycles. The lowest BCUT2D eigenvalue weighted by Crippen LogP contribution is -2.13. The van der Waals surface area contributed by atoms with Gasteiger partial charge >= 0.3 is 6.01 Å². The van der Waals surface area contributed by atoms with Gasteiger partial charge in [-0.3, -0.25) is 0 Å². The zero-order valence-corrected chi connectivity index (χ0v) is 17.3. The van der Waals surface area contributed by atoms with Crippen molar-refractivity contribution in [1.82, 2.24) is 24.5 Å². The second-order valence-corrected chi connectivity index (χ2v) is 6.96. The molecule has 0 unspecified atom stereocenters. The van der Waals surface area contributed by atoms with Crippen LogP contribution in [0.3, 0.4) is 0 Å². The predicted molar refractivity (Wildman–Crippen MR) is 115 cm³/mol. The summed E-state index contributed by atoms with van der Waals surface area (Å²) in [7, 11) is 5.63. The maximum Gasteiger partial charge on any atom is 0.316 e. The first-order chi connectivity index (χ1) is 14.0. The molecule has 1 aromatic carbocycles. The number of rotatable bonds is 5. The third-order valence-corrected chi connectivity index (χ3v) is 5.29. The van der Waals surface area contributed by atoms with Crippen LogP contribution in [0.2, 0.25) is 0 Å². The molecule has 148 valence electrons. The molecule has 0 fully saturated rings. The SMILES string of the molecule is CCc1cc(-c2cnc(OC)nc2)ccc1N(C)c1cc2c(cn1)nc(C)n2C. The molecule has 4 rings (SSSR count). The van der Waals surface area contributed by atoms with Crippen molar-refractivity contribution in [1.29, 1.82) is 0 Å². The zero-order chi connectivity index (χ0) is 20.5. The molecule has 0 aliphatic rings. The van der Waals surface area contributed by atoms with Gasteiger partial charge in [0.25, 0.3) is 0 Å². The normalized spacial score (nSPS) is 11.1. The molecule has 7 nitrogen and oxygen atoms in total. The Kier molecular flexibility index (Phi) is 4.88. The van der Waals surface area contributed by atoms with Crippen molar-refractivity contribution in [2.24, 2.45) is 7.05 Å². The number of aromatic nitrogens is 5. The van der Waals surface area contributed by atoms with Crippen LogP contribution in [0.25, 0.3) is 22.2 Å². The number of hydrogen-bond donors (Lipinski definition) is 0. The standard InChI is InChI=1S/C22H24N6O/c1-6-15-9-16(17-11-24-22(29-5)25-12-17)7-8-19(15)28(4)21-10-20-18(13-23-21)26-14(2)27(20)3/h7-13H,6H2,1-5H3. The van der Waals surface area contributed by atoms with E-state index in [4.69, 9.17) is 4.74 Å². The first-order valence-corrected chi connectivity index (χ1v) is 9.54. The Bertz CT molecular complexity index is 1170. The summed E-state index contributed by atoms with van der Waals surface area (Å²) in [4.78, 5) is 19.7. The van der Waals surface area contributed by atoms with Gasteiger partial charge < -0.3 is 14.2 Å². The fraction of sp³-hybridized carbons (Fsp3) is 0.273. The summed E-state index contributed by atoms with van der Waals surface area (Å²) in [6.07, 6.45) is 6.30. The van der Waals surface area contributed by atoms with Crippen molar-refractivity contribution >= 4 is 22.5 Å². The van der Waals surface area contributed by atoms with E-state index in [-0.39, 0.29) is 0 Å². The highest BCUT2D eigenvalue weighted by Crippen LogP contribution is 2.31. The molecule has 0 aliphatic heterocycles. The molecule has 29 heavy (non-hydrogen) atoms. The van der Waals surface area contributed by atoms with E-state index >= 15 is 0 Å². The van der Waals surface area contributed by atoms with Gasteiger partial charge in [-0.25, -0.2) is 19.9 Å². The molecule has 0 N–H and O–H groups in total. The summed E-state index contributed by atoms with van der Waals surface area (Å²) >= 11 is 0. The molecule has 0 saturated carbocycles. The van der Waals surface area contributed by atoms with Crippen molar-refractivity contribution in [2.75, 3.05) is 19.1 Å². The van der Waals surface area contributed by atoms with Crippen LogP contribution in [-0.4, -0.2) is 38.7 Å². The molecular weight excluding hydrogens is 364 g/mol. The van der Waals surface area contributed by atoms with Crippen LogP contribution in [0.1, 0.15) is 18.3 Å². The Morgan fingerprint density at radius 2 is 1.79 bits per heavy atom. The molecule has 0 aliphatic carbocycles. The number of nitrogens with zero attached hydrogens (tertiary/aromatic N) is 6. The Labute approximate surface area is 170 Å². The first kappa shape index (κ1) is 18.9. The fourth-order valence-electron chi connectivity index (χ4n) is 3.46. The van der Waals surface area contributed by atoms with Crippen LogP contribution in [0.15, 0.2) is 42.9 Å². The maximum absolute atomic E-state index is 5.05. The van der Waals surface area contributed by atoms with Gasteiger partial charge in [0.1, 0.15) is 17.2 Å². The zero-order valence-electron chi connectivity index (χ0n) is 17.3. The summed E-state index contributed by atoms with van der Waals surface area (Å²) in [5.41, 5.74) is 6.37. The highest BCUT2D eigenvalue weighted by molar-refractivity contribution is 5.80. The minimum absolute atomic E-state index is 0.368. The van der Waals surface area contributed by atoms with Gasteiger partial charge in [0.2, 0.25) is 0 Å². The van der Waals surface area contributed by atoms with E-state index in [2.05, 4.69) is 60.6 Å². The van der Waals surface area contributed by atoms with E-state index in [9.17, 15) is 0 Å². The summed E-state index contributed by atoms with van der Waals surface area (Å²) < 4.78 is 7.13. The quantitative estimate of drug-likeness (QED) is 0.513. The third-order valence-electron chi connectivity index (χ3n) is 5.29. The number of anilines is 2. The van der Waals surface area contributed by atoms with Crippen molar-refractivity contribution in [3.8, 4) is 17.1 Å². The molecule has 3 heterocycles. The van der Waals surface area contributed by atoms with E-state index in [0.717, 1.165) is 45.9 Å². The van der Waals surface area contributed by atoms with E-state index in [0.29, 0.717) is 6.01 Å². The van der Waals surface area contributed by atoms with Gasteiger partial charge in [-0.15, -0.1) is 0 Å². The van der Waals surface area contributed by atoms with Gasteiger partial charge in [0.15, 0.2) is 0 Å². The van der Waals surface area contributed by atoms with Crippen LogP contribution in [0.5, 0.6) is 6.01 Å². The fourth-order valence-corrected chi connectivity index (χ4v) is 3.46. The number of ether oxygens (including phenoxy) is 1. The van der Waals surface area contributed by atoms with E-state index < -0.39 is 0 Å². The molecule has 0 amide bonds. The second kappa shape index (κ2) is 7.50. The largest absolute Gasteiger partial charge is 0.467 e. The van der Waals surface area contributed by atoms with Crippen molar-refractivity contribution < 1.29 is 4.74 Å². The molecule has 4 aromatic rings. The molecule has 0 spiro atoms. The third kappa shape index (κ3) is 3.40. The summed E-state index contributed by atoms with van der Waals surface area (Å²) in [5.74, 6) is 1.86. The van der Waals surface area contributed by atoms with Gasteiger partial charge in [0, 0.05) is 43.8 Å². The molecule has 0 radical (unpaired) electrons. The number of aryl methyl sites for hydroxylation is 3. The van der Waals surface area contributed by atoms with E-state index in [1.165, 1.54) is 5.56 Å². The monoisotopic (exact) mass is 388 g/mol. The minimum atomic E-state index is 0.368. The van der Waals surface area contributed by atoms with Crippen LogP contribution in [0, 0.1) is 6.92 Å². The molecule has 0 atom stereocenters. The predicted octanol–water partition coefficient (Wildman–Crippen LogP) is 4.07. The molecule has 7 heteroatoms.